The third kappa shape index (κ3) is 2.24. The number of halogens is 3. The summed E-state index contributed by atoms with van der Waals surface area (Å²) in [7, 11) is 0. The van der Waals surface area contributed by atoms with Crippen molar-refractivity contribution < 1.29 is 13.2 Å². The zero-order chi connectivity index (χ0) is 12.6. The zero-order valence-corrected chi connectivity index (χ0v) is 9.46. The van der Waals surface area contributed by atoms with Crippen LogP contribution >= 0.6 is 0 Å². The molecule has 1 atom stereocenters. The van der Waals surface area contributed by atoms with Crippen molar-refractivity contribution in [1.82, 2.24) is 0 Å². The number of fused-ring (bicyclic) bond motifs is 1. The van der Waals surface area contributed by atoms with E-state index >= 15 is 0 Å². The standard InChI is InChI=1S/C12H14F3N2/c1-2-11(16)17-6-5-8-3-4-9(7-10(8)17)12(13,14)15/h2-4,7,11H,5-6,16H2,1H3. The number of nitrogens with two attached hydrogens (primary N) is 1. The van der Waals surface area contributed by atoms with Crippen molar-refractivity contribution in [2.45, 2.75) is 25.7 Å². The normalized spacial score (nSPS) is 17.1. The highest BCUT2D eigenvalue weighted by Crippen LogP contribution is 2.36. The van der Waals surface area contributed by atoms with E-state index in [2.05, 4.69) is 0 Å². The van der Waals surface area contributed by atoms with Crippen LogP contribution in [0.1, 0.15) is 18.1 Å². The third-order valence-electron chi connectivity index (χ3n) is 3.05. The Morgan fingerprint density at radius 3 is 2.71 bits per heavy atom. The van der Waals surface area contributed by atoms with Gasteiger partial charge in [0.2, 0.25) is 0 Å². The topological polar surface area (TPSA) is 29.3 Å². The average molecular weight is 243 g/mol. The van der Waals surface area contributed by atoms with Crippen LogP contribution < -0.4 is 10.6 Å². The molecule has 0 spiro atoms. The molecule has 17 heavy (non-hydrogen) atoms. The second-order valence-electron chi connectivity index (χ2n) is 4.11. The molecule has 0 amide bonds. The predicted molar refractivity (Wildman–Crippen MR) is 60.4 cm³/mol. The summed E-state index contributed by atoms with van der Waals surface area (Å²) in [6, 6.07) is 3.86. The first kappa shape index (κ1) is 12.2. The van der Waals surface area contributed by atoms with E-state index in [9.17, 15) is 13.2 Å². The first-order chi connectivity index (χ1) is 7.93. The lowest BCUT2D eigenvalue weighted by Crippen LogP contribution is -2.40. The fourth-order valence-electron chi connectivity index (χ4n) is 2.07. The van der Waals surface area contributed by atoms with Gasteiger partial charge in [-0.1, -0.05) is 13.0 Å². The number of hydrogen-bond acceptors (Lipinski definition) is 2. The van der Waals surface area contributed by atoms with E-state index in [1.54, 1.807) is 24.3 Å². The predicted octanol–water partition coefficient (Wildman–Crippen LogP) is 2.58. The Bertz CT molecular complexity index is 415. The van der Waals surface area contributed by atoms with Crippen LogP contribution in [0.5, 0.6) is 0 Å². The molecule has 2 nitrogen and oxygen atoms in total. The minimum atomic E-state index is -4.30. The zero-order valence-electron chi connectivity index (χ0n) is 9.46. The molecule has 0 saturated carbocycles. The van der Waals surface area contributed by atoms with Gasteiger partial charge in [-0.05, 0) is 30.5 Å². The molecular weight excluding hydrogens is 229 g/mol. The molecule has 0 bridgehead atoms. The van der Waals surface area contributed by atoms with Crippen LogP contribution in [-0.4, -0.2) is 12.7 Å². The monoisotopic (exact) mass is 243 g/mol. The van der Waals surface area contributed by atoms with Crippen LogP contribution in [0, 0.1) is 6.42 Å². The molecule has 0 aliphatic carbocycles. The Hall–Kier alpha value is -1.23. The molecule has 1 aliphatic rings. The summed E-state index contributed by atoms with van der Waals surface area (Å²) in [5.74, 6) is 0. The maximum Gasteiger partial charge on any atom is 0.416 e. The number of nitrogens with zero attached hydrogens (tertiary/aromatic N) is 1. The lowest BCUT2D eigenvalue weighted by atomic mass is 10.1. The largest absolute Gasteiger partial charge is 0.416 e. The number of alkyl halides is 3. The summed E-state index contributed by atoms with van der Waals surface area (Å²) >= 11 is 0. The van der Waals surface area contributed by atoms with Crippen LogP contribution in [0.2, 0.25) is 0 Å². The number of rotatable bonds is 2. The fraction of sp³-hybridized carbons (Fsp3) is 0.417. The van der Waals surface area contributed by atoms with Crippen molar-refractivity contribution in [3.05, 3.63) is 35.7 Å². The van der Waals surface area contributed by atoms with Gasteiger partial charge in [-0.2, -0.15) is 13.2 Å². The Kier molecular flexibility index (Phi) is 3.03. The van der Waals surface area contributed by atoms with Gasteiger partial charge in [0, 0.05) is 12.2 Å². The van der Waals surface area contributed by atoms with Crippen molar-refractivity contribution in [2.75, 3.05) is 11.4 Å². The molecule has 0 fully saturated rings. The minimum absolute atomic E-state index is 0.334. The summed E-state index contributed by atoms with van der Waals surface area (Å²) in [4.78, 5) is 1.80. The summed E-state index contributed by atoms with van der Waals surface area (Å²) in [6.07, 6.45) is -2.12. The lowest BCUT2D eigenvalue weighted by molar-refractivity contribution is -0.137. The first-order valence-electron chi connectivity index (χ1n) is 5.45. The van der Waals surface area contributed by atoms with E-state index in [0.29, 0.717) is 12.2 Å². The van der Waals surface area contributed by atoms with Crippen LogP contribution in [0.4, 0.5) is 18.9 Å². The van der Waals surface area contributed by atoms with Crippen molar-refractivity contribution in [2.24, 2.45) is 5.73 Å². The van der Waals surface area contributed by atoms with Gasteiger partial charge in [-0.25, -0.2) is 0 Å². The van der Waals surface area contributed by atoms with Crippen molar-refractivity contribution in [1.29, 1.82) is 0 Å². The highest BCUT2D eigenvalue weighted by molar-refractivity contribution is 5.60. The molecule has 1 aliphatic heterocycles. The molecule has 1 aromatic carbocycles. The van der Waals surface area contributed by atoms with Crippen molar-refractivity contribution in [3.8, 4) is 0 Å². The van der Waals surface area contributed by atoms with Crippen LogP contribution in [0.15, 0.2) is 18.2 Å². The van der Waals surface area contributed by atoms with Crippen LogP contribution in [0.25, 0.3) is 0 Å². The van der Waals surface area contributed by atoms with Gasteiger partial charge in [0.25, 0.3) is 0 Å². The quantitative estimate of drug-likeness (QED) is 0.865. The molecule has 1 unspecified atom stereocenters. The Labute approximate surface area is 98.2 Å². The smallest absolute Gasteiger partial charge is 0.355 e. The second kappa shape index (κ2) is 4.22. The lowest BCUT2D eigenvalue weighted by Gasteiger charge is -2.26. The van der Waals surface area contributed by atoms with Gasteiger partial charge in [0.15, 0.2) is 0 Å². The fourth-order valence-corrected chi connectivity index (χ4v) is 2.07. The van der Waals surface area contributed by atoms with E-state index in [1.807, 2.05) is 0 Å². The van der Waals surface area contributed by atoms with Crippen LogP contribution in [0.3, 0.4) is 0 Å². The molecule has 1 radical (unpaired) electrons. The molecule has 0 aromatic heterocycles. The molecule has 93 valence electrons. The number of anilines is 1. The summed E-state index contributed by atoms with van der Waals surface area (Å²) < 4.78 is 37.8. The Morgan fingerprint density at radius 1 is 1.41 bits per heavy atom. The highest BCUT2D eigenvalue weighted by Gasteiger charge is 2.33. The maximum atomic E-state index is 12.6. The van der Waals surface area contributed by atoms with E-state index in [1.165, 1.54) is 6.07 Å². The SMILES string of the molecule is C[CH]C(N)N1CCc2ccc(C(F)(F)F)cc21. The van der Waals surface area contributed by atoms with Gasteiger partial charge in [0.1, 0.15) is 0 Å². The molecule has 2 N–H and O–H groups in total. The van der Waals surface area contributed by atoms with E-state index < -0.39 is 11.7 Å². The van der Waals surface area contributed by atoms with Gasteiger partial charge < -0.3 is 10.6 Å². The molecule has 5 heteroatoms. The molecule has 2 rings (SSSR count). The maximum absolute atomic E-state index is 12.6. The summed E-state index contributed by atoms with van der Waals surface area (Å²) in [5, 5.41) is 0. The van der Waals surface area contributed by atoms with Crippen molar-refractivity contribution in [3.63, 3.8) is 0 Å². The summed E-state index contributed by atoms with van der Waals surface area (Å²) in [6.45, 7) is 2.47. The van der Waals surface area contributed by atoms with Gasteiger partial charge in [-0.3, -0.25) is 0 Å². The number of hydrogen-bond donors (Lipinski definition) is 1. The highest BCUT2D eigenvalue weighted by atomic mass is 19.4. The first-order valence-corrected chi connectivity index (χ1v) is 5.45. The van der Waals surface area contributed by atoms with E-state index in [4.69, 9.17) is 5.73 Å². The van der Waals surface area contributed by atoms with E-state index in [0.717, 1.165) is 18.1 Å². The molecular formula is C12H14F3N2. The Morgan fingerprint density at radius 2 is 2.12 bits per heavy atom. The second-order valence-corrected chi connectivity index (χ2v) is 4.11. The average Bonchev–Trinajstić information content (AvgIpc) is 2.69. The van der Waals surface area contributed by atoms with Gasteiger partial charge in [0.05, 0.1) is 11.7 Å². The van der Waals surface area contributed by atoms with Crippen molar-refractivity contribution >= 4 is 5.69 Å². The van der Waals surface area contributed by atoms with Gasteiger partial charge >= 0.3 is 6.18 Å². The van der Waals surface area contributed by atoms with Crippen LogP contribution in [-0.2, 0) is 12.6 Å². The third-order valence-corrected chi connectivity index (χ3v) is 3.05. The van der Waals surface area contributed by atoms with E-state index in [-0.39, 0.29) is 6.17 Å². The molecule has 1 heterocycles. The molecule has 0 saturated heterocycles. The summed E-state index contributed by atoms with van der Waals surface area (Å²) in [5.41, 5.74) is 6.75. The minimum Gasteiger partial charge on any atom is -0.355 e. The van der Waals surface area contributed by atoms with Gasteiger partial charge in [-0.15, -0.1) is 0 Å². The molecule has 1 aromatic rings. The number of benzene rings is 1. The Balaban J connectivity index is 2.37.